The van der Waals surface area contributed by atoms with Gasteiger partial charge in [0, 0.05) is 10.1 Å². The van der Waals surface area contributed by atoms with Crippen molar-refractivity contribution >= 4 is 34.5 Å². The van der Waals surface area contributed by atoms with E-state index in [-0.39, 0.29) is 12.5 Å². The lowest BCUT2D eigenvalue weighted by molar-refractivity contribution is -0.149. The van der Waals surface area contributed by atoms with Crippen molar-refractivity contribution in [1.82, 2.24) is 5.32 Å². The van der Waals surface area contributed by atoms with Crippen LogP contribution in [0.4, 0.5) is 0 Å². The molecule has 1 saturated carbocycles. The second-order valence-electron chi connectivity index (χ2n) is 5.66. The molecule has 5 heteroatoms. The molecule has 21 heavy (non-hydrogen) atoms. The molecular formula is C16H20INO3. The number of carboxylic acids is 1. The number of carbonyl (C=O) groups is 2. The fourth-order valence-corrected chi connectivity index (χ4v) is 3.49. The standard InChI is InChI=1S/C16H20INO3/c17-13-8-4-3-7-12(13)14(19)18-11-16(15(20)21)9-5-1-2-6-10-16/h3-4,7-8H,1-2,5-6,9-11H2,(H,18,19)(H,20,21). The van der Waals surface area contributed by atoms with Crippen molar-refractivity contribution in [2.45, 2.75) is 38.5 Å². The zero-order chi connectivity index (χ0) is 15.3. The minimum atomic E-state index is -0.799. The Morgan fingerprint density at radius 2 is 1.76 bits per heavy atom. The number of benzene rings is 1. The Morgan fingerprint density at radius 1 is 1.14 bits per heavy atom. The van der Waals surface area contributed by atoms with E-state index in [0.29, 0.717) is 18.4 Å². The Labute approximate surface area is 138 Å². The molecule has 1 fully saturated rings. The Bertz CT molecular complexity index is 522. The third-order valence-electron chi connectivity index (χ3n) is 4.22. The molecule has 0 spiro atoms. The second kappa shape index (κ2) is 7.24. The molecule has 0 aromatic heterocycles. The lowest BCUT2D eigenvalue weighted by Gasteiger charge is -2.28. The predicted molar refractivity (Wildman–Crippen MR) is 89.3 cm³/mol. The predicted octanol–water partition coefficient (Wildman–Crippen LogP) is 3.45. The molecule has 1 amide bonds. The second-order valence-corrected chi connectivity index (χ2v) is 6.82. The van der Waals surface area contributed by atoms with Gasteiger partial charge in [-0.05, 0) is 47.6 Å². The van der Waals surface area contributed by atoms with Crippen molar-refractivity contribution in [3.05, 3.63) is 33.4 Å². The fraction of sp³-hybridized carbons (Fsp3) is 0.500. The average molecular weight is 401 g/mol. The largest absolute Gasteiger partial charge is 0.481 e. The molecule has 1 aliphatic rings. The summed E-state index contributed by atoms with van der Waals surface area (Å²) >= 11 is 2.12. The van der Waals surface area contributed by atoms with Crippen LogP contribution in [0, 0.1) is 8.99 Å². The summed E-state index contributed by atoms with van der Waals surface area (Å²) in [4.78, 5) is 23.9. The van der Waals surface area contributed by atoms with Crippen molar-refractivity contribution in [2.75, 3.05) is 6.54 Å². The fourth-order valence-electron chi connectivity index (χ4n) is 2.86. The number of aliphatic carboxylic acids is 1. The van der Waals surface area contributed by atoms with Crippen LogP contribution in [0.25, 0.3) is 0 Å². The molecule has 2 rings (SSSR count). The Kier molecular flexibility index (Phi) is 5.61. The first kappa shape index (κ1) is 16.3. The highest BCUT2D eigenvalue weighted by Gasteiger charge is 2.38. The SMILES string of the molecule is O=C(NCC1(C(=O)O)CCCCCC1)c1ccccc1I. The first-order valence-electron chi connectivity index (χ1n) is 7.31. The molecule has 0 aliphatic heterocycles. The summed E-state index contributed by atoms with van der Waals surface area (Å²) in [5.41, 5.74) is -0.195. The first-order valence-corrected chi connectivity index (χ1v) is 8.39. The highest BCUT2D eigenvalue weighted by molar-refractivity contribution is 14.1. The van der Waals surface area contributed by atoms with E-state index in [9.17, 15) is 14.7 Å². The molecule has 0 bridgehead atoms. The number of carboxylic acid groups (broad SMARTS) is 1. The smallest absolute Gasteiger partial charge is 0.311 e. The van der Waals surface area contributed by atoms with Crippen LogP contribution in [0.5, 0.6) is 0 Å². The lowest BCUT2D eigenvalue weighted by atomic mass is 9.80. The molecule has 1 aromatic rings. The van der Waals surface area contributed by atoms with Gasteiger partial charge in [0.05, 0.1) is 11.0 Å². The topological polar surface area (TPSA) is 66.4 Å². The molecule has 0 unspecified atom stereocenters. The van der Waals surface area contributed by atoms with Crippen molar-refractivity contribution in [1.29, 1.82) is 0 Å². The Hall–Kier alpha value is -1.11. The zero-order valence-corrected chi connectivity index (χ0v) is 14.1. The monoisotopic (exact) mass is 401 g/mol. The van der Waals surface area contributed by atoms with E-state index in [2.05, 4.69) is 27.9 Å². The Morgan fingerprint density at radius 3 is 2.33 bits per heavy atom. The number of hydrogen-bond acceptors (Lipinski definition) is 2. The van der Waals surface area contributed by atoms with Crippen molar-refractivity contribution in [3.63, 3.8) is 0 Å². The van der Waals surface area contributed by atoms with Gasteiger partial charge in [0.25, 0.3) is 5.91 Å². The lowest BCUT2D eigenvalue weighted by Crippen LogP contribution is -2.43. The molecule has 0 atom stereocenters. The quantitative estimate of drug-likeness (QED) is 0.600. The van der Waals surface area contributed by atoms with Gasteiger partial charge in [0.2, 0.25) is 0 Å². The first-order chi connectivity index (χ1) is 10.1. The van der Waals surface area contributed by atoms with Crippen molar-refractivity contribution < 1.29 is 14.7 Å². The summed E-state index contributed by atoms with van der Waals surface area (Å²) in [6.45, 7) is 0.214. The minimum Gasteiger partial charge on any atom is -0.481 e. The van der Waals surface area contributed by atoms with E-state index in [0.717, 1.165) is 29.3 Å². The number of nitrogens with one attached hydrogen (secondary N) is 1. The molecule has 2 N–H and O–H groups in total. The van der Waals surface area contributed by atoms with Gasteiger partial charge in [0.15, 0.2) is 0 Å². The highest BCUT2D eigenvalue weighted by atomic mass is 127. The third-order valence-corrected chi connectivity index (χ3v) is 5.16. The molecule has 1 aromatic carbocycles. The summed E-state index contributed by atoms with van der Waals surface area (Å²) in [6.07, 6.45) is 5.30. The summed E-state index contributed by atoms with van der Waals surface area (Å²) in [6, 6.07) is 7.32. The molecular weight excluding hydrogens is 381 g/mol. The van der Waals surface area contributed by atoms with Gasteiger partial charge in [-0.3, -0.25) is 9.59 Å². The molecule has 1 aliphatic carbocycles. The van der Waals surface area contributed by atoms with Crippen LogP contribution in [0.15, 0.2) is 24.3 Å². The summed E-state index contributed by atoms with van der Waals surface area (Å²) < 4.78 is 0.873. The highest BCUT2D eigenvalue weighted by Crippen LogP contribution is 2.35. The van der Waals surface area contributed by atoms with E-state index >= 15 is 0 Å². The molecule has 0 heterocycles. The summed E-state index contributed by atoms with van der Waals surface area (Å²) in [5.74, 6) is -0.975. The van der Waals surface area contributed by atoms with Crippen LogP contribution in [-0.2, 0) is 4.79 Å². The number of hydrogen-bond donors (Lipinski definition) is 2. The maximum Gasteiger partial charge on any atom is 0.311 e. The van der Waals surface area contributed by atoms with Crippen LogP contribution in [-0.4, -0.2) is 23.5 Å². The molecule has 114 valence electrons. The van der Waals surface area contributed by atoms with Crippen molar-refractivity contribution in [3.8, 4) is 0 Å². The van der Waals surface area contributed by atoms with Crippen LogP contribution >= 0.6 is 22.6 Å². The minimum absolute atomic E-state index is 0.190. The molecule has 0 saturated heterocycles. The number of rotatable bonds is 4. The maximum absolute atomic E-state index is 12.3. The maximum atomic E-state index is 12.3. The van der Waals surface area contributed by atoms with Gasteiger partial charge in [-0.2, -0.15) is 0 Å². The summed E-state index contributed by atoms with van der Waals surface area (Å²) in [5, 5.41) is 12.4. The zero-order valence-electron chi connectivity index (χ0n) is 11.9. The van der Waals surface area contributed by atoms with E-state index in [1.54, 1.807) is 6.07 Å². The Balaban J connectivity index is 2.07. The van der Waals surface area contributed by atoms with Gasteiger partial charge in [-0.15, -0.1) is 0 Å². The van der Waals surface area contributed by atoms with E-state index in [1.807, 2.05) is 18.2 Å². The van der Waals surface area contributed by atoms with Crippen LogP contribution < -0.4 is 5.32 Å². The van der Waals surface area contributed by atoms with Crippen LogP contribution in [0.1, 0.15) is 48.9 Å². The number of amides is 1. The van der Waals surface area contributed by atoms with E-state index < -0.39 is 11.4 Å². The molecule has 0 radical (unpaired) electrons. The van der Waals surface area contributed by atoms with Gasteiger partial charge in [-0.25, -0.2) is 0 Å². The average Bonchev–Trinajstić information content (AvgIpc) is 2.72. The number of halogens is 1. The van der Waals surface area contributed by atoms with Crippen LogP contribution in [0.3, 0.4) is 0 Å². The van der Waals surface area contributed by atoms with Crippen molar-refractivity contribution in [2.24, 2.45) is 5.41 Å². The normalized spacial score (nSPS) is 17.8. The van der Waals surface area contributed by atoms with Crippen LogP contribution in [0.2, 0.25) is 0 Å². The van der Waals surface area contributed by atoms with E-state index in [1.165, 1.54) is 0 Å². The van der Waals surface area contributed by atoms with Gasteiger partial charge >= 0.3 is 5.97 Å². The van der Waals surface area contributed by atoms with Gasteiger partial charge in [0.1, 0.15) is 0 Å². The number of carbonyl (C=O) groups excluding carboxylic acids is 1. The van der Waals surface area contributed by atoms with Gasteiger partial charge < -0.3 is 10.4 Å². The summed E-state index contributed by atoms with van der Waals surface area (Å²) in [7, 11) is 0. The third kappa shape index (κ3) is 3.96. The molecule has 4 nitrogen and oxygen atoms in total. The van der Waals surface area contributed by atoms with E-state index in [4.69, 9.17) is 0 Å². The van der Waals surface area contributed by atoms with Gasteiger partial charge in [-0.1, -0.05) is 37.8 Å².